The Hall–Kier alpha value is -3.22. The van der Waals surface area contributed by atoms with Gasteiger partial charge in [0.15, 0.2) is 0 Å². The molecular formula is C30H35FN4O. The normalized spacial score (nSPS) is 15.9. The first kappa shape index (κ1) is 24.5. The van der Waals surface area contributed by atoms with Crippen LogP contribution >= 0.6 is 0 Å². The molecule has 0 bridgehead atoms. The molecule has 5 nitrogen and oxygen atoms in total. The lowest BCUT2D eigenvalue weighted by atomic mass is 9.95. The van der Waals surface area contributed by atoms with Crippen LogP contribution in [-0.2, 0) is 13.1 Å². The van der Waals surface area contributed by atoms with Gasteiger partial charge in [-0.15, -0.1) is 0 Å². The average molecular weight is 487 g/mol. The number of benzene rings is 3. The summed E-state index contributed by atoms with van der Waals surface area (Å²) in [4.78, 5) is 9.68. The van der Waals surface area contributed by atoms with Crippen LogP contribution in [0.5, 0.6) is 5.75 Å². The number of halogens is 1. The Kier molecular flexibility index (Phi) is 7.35. The molecule has 1 unspecified atom stereocenters. The number of rotatable bonds is 8. The van der Waals surface area contributed by atoms with E-state index in [4.69, 9.17) is 9.72 Å². The fraction of sp³-hybridized carbons (Fsp3) is 0.367. The summed E-state index contributed by atoms with van der Waals surface area (Å²) in [5.74, 6) is 1.73. The maximum Gasteiger partial charge on any atom is 0.128 e. The fourth-order valence-corrected chi connectivity index (χ4v) is 5.41. The molecule has 6 heteroatoms. The molecule has 188 valence electrons. The third-order valence-electron chi connectivity index (χ3n) is 7.26. The van der Waals surface area contributed by atoms with Crippen molar-refractivity contribution in [1.29, 1.82) is 0 Å². The molecule has 0 saturated carbocycles. The van der Waals surface area contributed by atoms with Crippen LogP contribution in [-0.4, -0.2) is 52.6 Å². The molecule has 0 aliphatic carbocycles. The molecule has 2 heterocycles. The Bertz CT molecular complexity index is 1310. The van der Waals surface area contributed by atoms with Gasteiger partial charge in [-0.2, -0.15) is 0 Å². The summed E-state index contributed by atoms with van der Waals surface area (Å²) >= 11 is 0. The molecule has 1 aliphatic rings. The minimum atomic E-state index is -0.160. The minimum Gasteiger partial charge on any atom is -0.497 e. The first-order valence-electron chi connectivity index (χ1n) is 12.9. The summed E-state index contributed by atoms with van der Waals surface area (Å²) in [6.07, 6.45) is 1.10. The van der Waals surface area contributed by atoms with E-state index < -0.39 is 0 Å². The number of methoxy groups -OCH3 is 1. The summed E-state index contributed by atoms with van der Waals surface area (Å²) in [6, 6.07) is 21.7. The fourth-order valence-electron chi connectivity index (χ4n) is 5.41. The lowest BCUT2D eigenvalue weighted by molar-refractivity contribution is 0.103. The van der Waals surface area contributed by atoms with Gasteiger partial charge in [0, 0.05) is 44.8 Å². The van der Waals surface area contributed by atoms with E-state index in [-0.39, 0.29) is 11.9 Å². The van der Waals surface area contributed by atoms with Crippen LogP contribution in [0.25, 0.3) is 11.0 Å². The average Bonchev–Trinajstić information content (AvgIpc) is 3.21. The number of hydrogen-bond acceptors (Lipinski definition) is 4. The largest absolute Gasteiger partial charge is 0.497 e. The number of piperazine rings is 1. The van der Waals surface area contributed by atoms with Crippen molar-refractivity contribution in [3.8, 4) is 5.75 Å². The molecule has 5 rings (SSSR count). The van der Waals surface area contributed by atoms with Crippen LogP contribution in [0, 0.1) is 12.7 Å². The maximum atomic E-state index is 14.9. The highest BCUT2D eigenvalue weighted by Gasteiger charge is 2.28. The van der Waals surface area contributed by atoms with Crippen molar-refractivity contribution in [2.24, 2.45) is 0 Å². The number of aryl methyl sites for hydroxylation is 2. The smallest absolute Gasteiger partial charge is 0.128 e. The van der Waals surface area contributed by atoms with Crippen LogP contribution in [0.15, 0.2) is 66.7 Å². The molecule has 0 spiro atoms. The highest BCUT2D eigenvalue weighted by Crippen LogP contribution is 2.32. The molecule has 0 radical (unpaired) electrons. The van der Waals surface area contributed by atoms with Crippen molar-refractivity contribution < 1.29 is 9.13 Å². The first-order valence-corrected chi connectivity index (χ1v) is 12.9. The number of imidazole rings is 1. The molecule has 3 aromatic carbocycles. The minimum absolute atomic E-state index is 0.124. The summed E-state index contributed by atoms with van der Waals surface area (Å²) in [5.41, 5.74) is 5.39. The van der Waals surface area contributed by atoms with Crippen LogP contribution in [0.2, 0.25) is 0 Å². The molecule has 1 aromatic heterocycles. The van der Waals surface area contributed by atoms with Gasteiger partial charge >= 0.3 is 0 Å². The quantitative estimate of drug-likeness (QED) is 0.315. The summed E-state index contributed by atoms with van der Waals surface area (Å²) in [6.45, 7) is 9.80. The van der Waals surface area contributed by atoms with Gasteiger partial charge in [-0.3, -0.25) is 9.80 Å². The standard InChI is InChI=1S/C30H35FN4O/c1-4-15-35-22(2)32-28-20-23(9-14-29(28)35)21-33-16-18-34(19-17-33)30(26-7-5-6-8-27(26)31)24-10-12-25(36-3)13-11-24/h5-14,20,30H,4,15-19,21H2,1-3H3. The Labute approximate surface area is 213 Å². The van der Waals surface area contributed by atoms with Gasteiger partial charge in [0.05, 0.1) is 24.2 Å². The van der Waals surface area contributed by atoms with E-state index in [1.165, 1.54) is 11.1 Å². The SMILES string of the molecule is CCCn1c(C)nc2cc(CN3CCN(C(c4ccc(OC)cc4)c4ccccc4F)CC3)ccc21. The van der Waals surface area contributed by atoms with Crippen molar-refractivity contribution in [2.75, 3.05) is 33.3 Å². The van der Waals surface area contributed by atoms with Crippen LogP contribution in [0.1, 0.15) is 41.9 Å². The summed E-state index contributed by atoms with van der Waals surface area (Å²) in [7, 11) is 1.66. The van der Waals surface area contributed by atoms with Crippen molar-refractivity contribution in [3.63, 3.8) is 0 Å². The van der Waals surface area contributed by atoms with Gasteiger partial charge in [-0.1, -0.05) is 43.3 Å². The monoisotopic (exact) mass is 486 g/mol. The van der Waals surface area contributed by atoms with Crippen LogP contribution in [0.3, 0.4) is 0 Å². The van der Waals surface area contributed by atoms with Gasteiger partial charge in [-0.05, 0) is 54.8 Å². The topological polar surface area (TPSA) is 33.5 Å². The Morgan fingerprint density at radius 1 is 0.972 bits per heavy atom. The lowest BCUT2D eigenvalue weighted by Crippen LogP contribution is -2.47. The van der Waals surface area contributed by atoms with E-state index in [0.717, 1.165) is 73.9 Å². The molecule has 1 aliphatic heterocycles. The third-order valence-corrected chi connectivity index (χ3v) is 7.26. The molecule has 0 amide bonds. The second-order valence-corrected chi connectivity index (χ2v) is 9.64. The zero-order valence-electron chi connectivity index (χ0n) is 21.5. The molecule has 4 aromatic rings. The molecule has 1 fully saturated rings. The molecule has 1 saturated heterocycles. The zero-order chi connectivity index (χ0) is 25.1. The van der Waals surface area contributed by atoms with Crippen molar-refractivity contribution >= 4 is 11.0 Å². The summed E-state index contributed by atoms with van der Waals surface area (Å²) in [5, 5.41) is 0. The molecule has 1 atom stereocenters. The van der Waals surface area contributed by atoms with E-state index in [1.54, 1.807) is 19.2 Å². The number of fused-ring (bicyclic) bond motifs is 1. The number of aromatic nitrogens is 2. The Balaban J connectivity index is 1.31. The second-order valence-electron chi connectivity index (χ2n) is 9.64. The highest BCUT2D eigenvalue weighted by molar-refractivity contribution is 5.76. The summed E-state index contributed by atoms with van der Waals surface area (Å²) < 4.78 is 22.6. The van der Waals surface area contributed by atoms with Crippen molar-refractivity contribution in [1.82, 2.24) is 19.4 Å². The third kappa shape index (κ3) is 5.01. The number of hydrogen-bond donors (Lipinski definition) is 0. The highest BCUT2D eigenvalue weighted by atomic mass is 19.1. The zero-order valence-corrected chi connectivity index (χ0v) is 21.5. The van der Waals surface area contributed by atoms with Crippen LogP contribution in [0.4, 0.5) is 4.39 Å². The van der Waals surface area contributed by atoms with E-state index in [0.29, 0.717) is 0 Å². The predicted octanol–water partition coefficient (Wildman–Crippen LogP) is 5.81. The number of ether oxygens (including phenoxy) is 1. The van der Waals surface area contributed by atoms with Gasteiger partial charge in [-0.25, -0.2) is 9.37 Å². The van der Waals surface area contributed by atoms with E-state index in [1.807, 2.05) is 24.3 Å². The van der Waals surface area contributed by atoms with Crippen LogP contribution < -0.4 is 4.74 Å². The molecule has 0 N–H and O–H groups in total. The van der Waals surface area contributed by atoms with Gasteiger partial charge < -0.3 is 9.30 Å². The first-order chi connectivity index (χ1) is 17.6. The van der Waals surface area contributed by atoms with Crippen molar-refractivity contribution in [2.45, 2.75) is 39.4 Å². The predicted molar refractivity (Wildman–Crippen MR) is 143 cm³/mol. The number of nitrogens with zero attached hydrogens (tertiary/aromatic N) is 4. The lowest BCUT2D eigenvalue weighted by Gasteiger charge is -2.40. The van der Waals surface area contributed by atoms with E-state index in [9.17, 15) is 4.39 Å². The van der Waals surface area contributed by atoms with Gasteiger partial charge in [0.2, 0.25) is 0 Å². The Morgan fingerprint density at radius 3 is 2.42 bits per heavy atom. The van der Waals surface area contributed by atoms with Crippen molar-refractivity contribution in [3.05, 3.63) is 95.1 Å². The van der Waals surface area contributed by atoms with Gasteiger partial charge in [0.25, 0.3) is 0 Å². The molecule has 36 heavy (non-hydrogen) atoms. The maximum absolute atomic E-state index is 14.9. The molecular weight excluding hydrogens is 451 g/mol. The van der Waals surface area contributed by atoms with Gasteiger partial charge in [0.1, 0.15) is 17.4 Å². The second kappa shape index (κ2) is 10.8. The van der Waals surface area contributed by atoms with E-state index in [2.05, 4.69) is 58.5 Å². The van der Waals surface area contributed by atoms with E-state index >= 15 is 0 Å². The Morgan fingerprint density at radius 2 is 1.72 bits per heavy atom.